The molecule has 0 saturated heterocycles. The highest BCUT2D eigenvalue weighted by Gasteiger charge is 2.11. The summed E-state index contributed by atoms with van der Waals surface area (Å²) in [6.45, 7) is 11.7. The van der Waals surface area contributed by atoms with Crippen LogP contribution < -0.4 is 5.43 Å². The molecule has 0 saturated carbocycles. The van der Waals surface area contributed by atoms with E-state index in [4.69, 9.17) is 0 Å². The molecule has 2 rings (SSSR count). The molecule has 10 heteroatoms. The summed E-state index contributed by atoms with van der Waals surface area (Å²) in [5.41, 5.74) is 6.87. The van der Waals surface area contributed by atoms with Crippen LogP contribution in [-0.4, -0.2) is 25.9 Å². The van der Waals surface area contributed by atoms with Gasteiger partial charge >= 0.3 is 0 Å². The fraction of sp³-hybridized carbons (Fsp3) is 0.318. The van der Waals surface area contributed by atoms with Crippen LogP contribution in [0.5, 0.6) is 0 Å². The number of halogens is 2. The van der Waals surface area contributed by atoms with Crippen molar-refractivity contribution in [1.82, 2.24) is 18.9 Å². The van der Waals surface area contributed by atoms with Gasteiger partial charge in [-0.15, -0.1) is 7.77 Å². The molecule has 0 bridgehead atoms. The van der Waals surface area contributed by atoms with Gasteiger partial charge in [0.15, 0.2) is 24.7 Å². The van der Waals surface area contributed by atoms with E-state index in [1.54, 1.807) is 17.1 Å². The van der Waals surface area contributed by atoms with Gasteiger partial charge in [-0.05, 0) is 43.9 Å². The fourth-order valence-corrected chi connectivity index (χ4v) is 3.23. The van der Waals surface area contributed by atoms with E-state index in [1.807, 2.05) is 50.5 Å². The van der Waals surface area contributed by atoms with E-state index in [0.29, 0.717) is 9.63 Å². The van der Waals surface area contributed by atoms with Crippen molar-refractivity contribution in [1.29, 1.82) is 0 Å². The molecule has 0 radical (unpaired) electrons. The van der Waals surface area contributed by atoms with Crippen molar-refractivity contribution in [3.63, 3.8) is 0 Å². The molecule has 1 aromatic heterocycles. The molecule has 172 valence electrons. The van der Waals surface area contributed by atoms with Gasteiger partial charge in [0.1, 0.15) is 5.82 Å². The van der Waals surface area contributed by atoms with Gasteiger partial charge in [-0.25, -0.2) is 4.68 Å². The van der Waals surface area contributed by atoms with Crippen LogP contribution >= 0.6 is 24.7 Å². The average molecular weight is 479 g/mol. The Balaban J connectivity index is 2.35. The zero-order valence-corrected chi connectivity index (χ0v) is 20.3. The number of hydrogen-bond donors (Lipinski definition) is 1. The van der Waals surface area contributed by atoms with Crippen LogP contribution in [0.25, 0.3) is 11.3 Å². The molecule has 0 aliphatic rings. The number of aryl methyl sites for hydroxylation is 1. The summed E-state index contributed by atoms with van der Waals surface area (Å²) >= 11 is -0.612. The number of hydrogen-bond acceptors (Lipinski definition) is 7. The summed E-state index contributed by atoms with van der Waals surface area (Å²) in [6, 6.07) is 8.01. The molecule has 0 aliphatic carbocycles. The molecule has 1 atom stereocenters. The zero-order chi connectivity index (χ0) is 23.5. The van der Waals surface area contributed by atoms with Gasteiger partial charge in [-0.2, -0.15) is 13.9 Å². The van der Waals surface area contributed by atoms with Crippen LogP contribution in [0.2, 0.25) is 0 Å². The van der Waals surface area contributed by atoms with Crippen molar-refractivity contribution in [3.05, 3.63) is 65.9 Å². The van der Waals surface area contributed by atoms with Crippen LogP contribution in [0.15, 0.2) is 64.8 Å². The molecule has 1 N–H and O–H groups in total. The first-order valence-corrected chi connectivity index (χ1v) is 11.5. The van der Waals surface area contributed by atoms with E-state index < -0.39 is 0 Å². The highest BCUT2D eigenvalue weighted by Crippen LogP contribution is 2.27. The van der Waals surface area contributed by atoms with E-state index in [9.17, 15) is 7.77 Å². The summed E-state index contributed by atoms with van der Waals surface area (Å²) in [6.07, 6.45) is 9.21. The van der Waals surface area contributed by atoms with Crippen LogP contribution in [-0.2, 0) is 0 Å². The SMILES string of the molecule is C=C(N/N=C\C(=C(/C)N=CC(C)CCC)c1cnn(-c2cccc(C)c2)c1)N(SF)SF. The van der Waals surface area contributed by atoms with Gasteiger partial charge in [0.05, 0.1) is 18.1 Å². The molecular weight excluding hydrogens is 450 g/mol. The molecule has 2 aromatic rings. The second-order valence-electron chi connectivity index (χ2n) is 7.27. The predicted molar refractivity (Wildman–Crippen MR) is 133 cm³/mol. The van der Waals surface area contributed by atoms with Crippen molar-refractivity contribution in [2.75, 3.05) is 0 Å². The van der Waals surface area contributed by atoms with Crippen molar-refractivity contribution >= 4 is 42.7 Å². The Morgan fingerprint density at radius 2 is 2.12 bits per heavy atom. The summed E-state index contributed by atoms with van der Waals surface area (Å²) in [5, 5.41) is 8.57. The Hall–Kier alpha value is -2.59. The third-order valence-corrected chi connectivity index (χ3v) is 5.58. The Morgan fingerprint density at radius 3 is 2.78 bits per heavy atom. The lowest BCUT2D eigenvalue weighted by atomic mass is 10.1. The Bertz CT molecular complexity index is 982. The van der Waals surface area contributed by atoms with Gasteiger partial charge in [0.25, 0.3) is 0 Å². The van der Waals surface area contributed by atoms with E-state index in [1.165, 1.54) is 0 Å². The minimum atomic E-state index is -0.306. The number of benzene rings is 1. The normalized spacial score (nSPS) is 13.4. The molecule has 1 aromatic carbocycles. The number of nitrogens with one attached hydrogen (secondary N) is 1. The summed E-state index contributed by atoms with van der Waals surface area (Å²) < 4.78 is 27.8. The van der Waals surface area contributed by atoms with E-state index in [0.717, 1.165) is 40.9 Å². The molecule has 0 amide bonds. The topological polar surface area (TPSA) is 57.8 Å². The van der Waals surface area contributed by atoms with Gasteiger partial charge in [-0.3, -0.25) is 10.4 Å². The smallest absolute Gasteiger partial charge is 0.179 e. The monoisotopic (exact) mass is 478 g/mol. The second-order valence-corrected chi connectivity index (χ2v) is 8.51. The maximum Gasteiger partial charge on any atom is 0.179 e. The molecule has 6 nitrogen and oxygen atoms in total. The van der Waals surface area contributed by atoms with Crippen LogP contribution in [0.3, 0.4) is 0 Å². The molecule has 0 fully saturated rings. The van der Waals surface area contributed by atoms with E-state index in [2.05, 4.69) is 41.0 Å². The minimum Gasteiger partial charge on any atom is -0.265 e. The molecule has 0 aliphatic heterocycles. The van der Waals surface area contributed by atoms with Crippen molar-refractivity contribution in [2.45, 2.75) is 40.5 Å². The molecule has 1 unspecified atom stereocenters. The van der Waals surface area contributed by atoms with E-state index in [-0.39, 0.29) is 30.5 Å². The Morgan fingerprint density at radius 1 is 1.38 bits per heavy atom. The van der Waals surface area contributed by atoms with Crippen molar-refractivity contribution in [2.24, 2.45) is 16.0 Å². The fourth-order valence-electron chi connectivity index (χ4n) is 2.89. The number of nitrogens with zero attached hydrogens (tertiary/aromatic N) is 5. The average Bonchev–Trinajstić information content (AvgIpc) is 3.26. The standard InChI is InChI=1S/C22H28F2N6S2/c1-6-8-17(3)12-25-18(4)22(14-26-28-19(5)30(31-23)32-24)20-13-27-29(15-20)21-10-7-9-16(2)11-21/h7,9-15,17,28H,5-6,8H2,1-4H3/b22-18-,25-12?,26-14-. The first-order valence-electron chi connectivity index (χ1n) is 10.1. The Labute approximate surface area is 197 Å². The third kappa shape index (κ3) is 7.52. The predicted octanol–water partition coefficient (Wildman–Crippen LogP) is 6.83. The number of aromatic nitrogens is 2. The molecule has 0 spiro atoms. The maximum absolute atomic E-state index is 12.7. The minimum absolute atomic E-state index is 0.0474. The summed E-state index contributed by atoms with van der Waals surface area (Å²) in [5.74, 6) is 0.298. The first-order chi connectivity index (χ1) is 15.4. The van der Waals surface area contributed by atoms with Gasteiger partial charge in [0, 0.05) is 29.2 Å². The number of aliphatic imine (C=N–C) groups is 1. The largest absolute Gasteiger partial charge is 0.265 e. The zero-order valence-electron chi connectivity index (χ0n) is 18.6. The summed E-state index contributed by atoms with van der Waals surface area (Å²) in [7, 11) is 0. The van der Waals surface area contributed by atoms with Gasteiger partial charge < -0.3 is 0 Å². The number of allylic oxidation sites excluding steroid dienone is 2. The Kier molecular flexibility index (Phi) is 10.5. The lowest BCUT2D eigenvalue weighted by molar-refractivity contribution is 0.677. The maximum atomic E-state index is 12.7. The second kappa shape index (κ2) is 13.1. The number of hydrazone groups is 1. The van der Waals surface area contributed by atoms with E-state index >= 15 is 0 Å². The highest BCUT2D eigenvalue weighted by molar-refractivity contribution is 8.07. The molecule has 32 heavy (non-hydrogen) atoms. The third-order valence-electron chi connectivity index (χ3n) is 4.55. The van der Waals surface area contributed by atoms with Crippen LogP contribution in [0.1, 0.15) is 44.7 Å². The van der Waals surface area contributed by atoms with Gasteiger partial charge in [-0.1, -0.05) is 39.0 Å². The lowest BCUT2D eigenvalue weighted by Crippen LogP contribution is -2.15. The first kappa shape index (κ1) is 25.7. The lowest BCUT2D eigenvalue weighted by Gasteiger charge is -2.13. The summed E-state index contributed by atoms with van der Waals surface area (Å²) in [4.78, 5) is 4.62. The van der Waals surface area contributed by atoms with Crippen LogP contribution in [0, 0.1) is 12.8 Å². The highest BCUT2D eigenvalue weighted by atomic mass is 32.3. The van der Waals surface area contributed by atoms with Gasteiger partial charge in [0.2, 0.25) is 0 Å². The van der Waals surface area contributed by atoms with Crippen molar-refractivity contribution in [3.8, 4) is 5.69 Å². The molecule has 1 heterocycles. The molecular formula is C22H28F2N6S2. The van der Waals surface area contributed by atoms with Crippen LogP contribution in [0.4, 0.5) is 7.77 Å². The van der Waals surface area contributed by atoms with Crippen molar-refractivity contribution < 1.29 is 7.77 Å². The number of rotatable bonds is 12. The quantitative estimate of drug-likeness (QED) is 0.206.